The fraction of sp³-hybridized carbons (Fsp3) is 0.118. The number of hydrogen-bond donors (Lipinski definition) is 0. The molecule has 0 unspecified atom stereocenters. The zero-order chi connectivity index (χ0) is 16.5. The van der Waals surface area contributed by atoms with Gasteiger partial charge in [-0.25, -0.2) is 9.37 Å². The second kappa shape index (κ2) is 5.77. The number of benzene rings is 2. The lowest BCUT2D eigenvalue weighted by Gasteiger charge is -2.03. The Kier molecular flexibility index (Phi) is 3.45. The molecule has 0 saturated heterocycles. The van der Waals surface area contributed by atoms with Crippen molar-refractivity contribution in [2.24, 2.45) is 0 Å². The molecule has 24 heavy (non-hydrogen) atoms. The molecule has 2 heterocycles. The summed E-state index contributed by atoms with van der Waals surface area (Å²) in [5, 5.41) is 8.01. The van der Waals surface area contributed by atoms with Gasteiger partial charge in [-0.05, 0) is 24.3 Å². The van der Waals surface area contributed by atoms with Crippen LogP contribution in [-0.4, -0.2) is 22.3 Å². The van der Waals surface area contributed by atoms with Gasteiger partial charge in [-0.1, -0.05) is 18.2 Å². The molecule has 7 heteroatoms. The number of methoxy groups -OCH3 is 1. The molecule has 4 rings (SSSR count). The average molecular weight is 325 g/mol. The summed E-state index contributed by atoms with van der Waals surface area (Å²) in [4.78, 5) is 4.13. The Morgan fingerprint density at radius 3 is 2.71 bits per heavy atom. The molecule has 0 atom stereocenters. The van der Waals surface area contributed by atoms with E-state index in [1.807, 2.05) is 24.3 Å². The van der Waals surface area contributed by atoms with E-state index in [-0.39, 0.29) is 11.9 Å². The van der Waals surface area contributed by atoms with Crippen LogP contribution < -0.4 is 4.74 Å². The van der Waals surface area contributed by atoms with E-state index in [0.29, 0.717) is 34.6 Å². The Morgan fingerprint density at radius 1 is 1.00 bits per heavy atom. The van der Waals surface area contributed by atoms with Crippen molar-refractivity contribution in [2.75, 3.05) is 7.11 Å². The van der Waals surface area contributed by atoms with Gasteiger partial charge < -0.3 is 13.6 Å². The molecule has 0 fully saturated rings. The summed E-state index contributed by atoms with van der Waals surface area (Å²) in [5.74, 6) is 1.18. The van der Waals surface area contributed by atoms with Crippen LogP contribution in [0.4, 0.5) is 4.39 Å². The maximum atomic E-state index is 13.7. The summed E-state index contributed by atoms with van der Waals surface area (Å²) in [7, 11) is 1.57. The SMILES string of the molecule is COc1ccccc1-c1nnc(Cc2nc3c(F)cccc3o2)o1. The lowest BCUT2D eigenvalue weighted by atomic mass is 10.2. The Hall–Kier alpha value is -3.22. The van der Waals surface area contributed by atoms with Crippen LogP contribution in [0.1, 0.15) is 11.8 Å². The third-order valence-corrected chi connectivity index (χ3v) is 3.52. The highest BCUT2D eigenvalue weighted by Crippen LogP contribution is 2.29. The van der Waals surface area contributed by atoms with E-state index >= 15 is 0 Å². The summed E-state index contributed by atoms with van der Waals surface area (Å²) in [5.41, 5.74) is 1.27. The van der Waals surface area contributed by atoms with Crippen molar-refractivity contribution >= 4 is 11.1 Å². The van der Waals surface area contributed by atoms with Gasteiger partial charge in [0.1, 0.15) is 17.7 Å². The number of oxazole rings is 1. The number of aromatic nitrogens is 3. The van der Waals surface area contributed by atoms with E-state index in [4.69, 9.17) is 13.6 Å². The highest BCUT2D eigenvalue weighted by atomic mass is 19.1. The predicted molar refractivity (Wildman–Crippen MR) is 83.1 cm³/mol. The van der Waals surface area contributed by atoms with E-state index in [0.717, 1.165) is 0 Å². The first-order chi connectivity index (χ1) is 11.7. The highest BCUT2D eigenvalue weighted by Gasteiger charge is 2.16. The molecule has 0 N–H and O–H groups in total. The van der Waals surface area contributed by atoms with Gasteiger partial charge in [0.2, 0.25) is 11.8 Å². The summed E-state index contributed by atoms with van der Waals surface area (Å²) < 4.78 is 30.1. The van der Waals surface area contributed by atoms with Crippen molar-refractivity contribution in [3.8, 4) is 17.2 Å². The van der Waals surface area contributed by atoms with Gasteiger partial charge in [0, 0.05) is 0 Å². The van der Waals surface area contributed by atoms with Crippen LogP contribution in [0, 0.1) is 5.82 Å². The monoisotopic (exact) mass is 325 g/mol. The molecule has 2 aromatic heterocycles. The number of ether oxygens (including phenoxy) is 1. The van der Waals surface area contributed by atoms with E-state index < -0.39 is 5.82 Å². The first-order valence-electron chi connectivity index (χ1n) is 7.24. The van der Waals surface area contributed by atoms with Crippen molar-refractivity contribution < 1.29 is 18.0 Å². The summed E-state index contributed by atoms with van der Waals surface area (Å²) in [6.07, 6.45) is 0.177. The molecule has 0 radical (unpaired) electrons. The van der Waals surface area contributed by atoms with Crippen LogP contribution in [-0.2, 0) is 6.42 Å². The molecule has 6 nitrogen and oxygen atoms in total. The molecule has 0 spiro atoms. The third kappa shape index (κ3) is 2.50. The topological polar surface area (TPSA) is 74.2 Å². The first kappa shape index (κ1) is 14.4. The summed E-state index contributed by atoms with van der Waals surface area (Å²) >= 11 is 0. The van der Waals surface area contributed by atoms with Gasteiger partial charge in [0.15, 0.2) is 11.4 Å². The Balaban J connectivity index is 1.64. The first-order valence-corrected chi connectivity index (χ1v) is 7.24. The van der Waals surface area contributed by atoms with Crippen LogP contribution >= 0.6 is 0 Å². The molecule has 0 amide bonds. The molecule has 0 aliphatic heterocycles. The largest absolute Gasteiger partial charge is 0.496 e. The quantitative estimate of drug-likeness (QED) is 0.570. The Morgan fingerprint density at radius 2 is 1.88 bits per heavy atom. The average Bonchev–Trinajstić information content (AvgIpc) is 3.22. The Bertz CT molecular complexity index is 1010. The van der Waals surface area contributed by atoms with Crippen LogP contribution in [0.25, 0.3) is 22.6 Å². The van der Waals surface area contributed by atoms with Gasteiger partial charge in [-0.3, -0.25) is 0 Å². The maximum Gasteiger partial charge on any atom is 0.251 e. The van der Waals surface area contributed by atoms with E-state index in [2.05, 4.69) is 15.2 Å². The fourth-order valence-electron chi connectivity index (χ4n) is 2.42. The molecule has 0 bridgehead atoms. The Labute approximate surface area is 135 Å². The van der Waals surface area contributed by atoms with E-state index in [9.17, 15) is 4.39 Å². The van der Waals surface area contributed by atoms with Gasteiger partial charge in [-0.2, -0.15) is 0 Å². The van der Waals surface area contributed by atoms with Crippen LogP contribution in [0.15, 0.2) is 51.3 Å². The lowest BCUT2D eigenvalue weighted by Crippen LogP contribution is -1.88. The van der Waals surface area contributed by atoms with Crippen LogP contribution in [0.3, 0.4) is 0 Å². The van der Waals surface area contributed by atoms with Crippen LogP contribution in [0.2, 0.25) is 0 Å². The maximum absolute atomic E-state index is 13.7. The standard InChI is InChI=1S/C17H12FN3O3/c1-22-12-7-3-2-5-10(12)17-21-20-15(24-17)9-14-19-16-11(18)6-4-8-13(16)23-14/h2-8H,9H2,1H3. The van der Waals surface area contributed by atoms with E-state index in [1.165, 1.54) is 6.07 Å². The summed E-state index contributed by atoms with van der Waals surface area (Å²) in [6, 6.07) is 11.9. The zero-order valence-electron chi connectivity index (χ0n) is 12.7. The molecule has 120 valence electrons. The number of para-hydroxylation sites is 2. The van der Waals surface area contributed by atoms with Crippen molar-refractivity contribution in [2.45, 2.75) is 6.42 Å². The number of halogens is 1. The zero-order valence-corrected chi connectivity index (χ0v) is 12.7. The lowest BCUT2D eigenvalue weighted by molar-refractivity contribution is 0.413. The smallest absolute Gasteiger partial charge is 0.251 e. The molecule has 4 aromatic rings. The van der Waals surface area contributed by atoms with Gasteiger partial charge >= 0.3 is 0 Å². The summed E-state index contributed by atoms with van der Waals surface area (Å²) in [6.45, 7) is 0. The van der Waals surface area contributed by atoms with Gasteiger partial charge in [0.05, 0.1) is 12.7 Å². The molecule has 2 aromatic carbocycles. The van der Waals surface area contributed by atoms with Crippen LogP contribution in [0.5, 0.6) is 5.75 Å². The molecule has 0 aliphatic rings. The second-order valence-corrected chi connectivity index (χ2v) is 5.07. The third-order valence-electron chi connectivity index (χ3n) is 3.52. The fourth-order valence-corrected chi connectivity index (χ4v) is 2.42. The van der Waals surface area contributed by atoms with E-state index in [1.54, 1.807) is 19.2 Å². The van der Waals surface area contributed by atoms with Gasteiger partial charge in [-0.15, -0.1) is 10.2 Å². The molecule has 0 saturated carbocycles. The number of hydrogen-bond acceptors (Lipinski definition) is 6. The normalized spacial score (nSPS) is 11.1. The van der Waals surface area contributed by atoms with Crippen molar-refractivity contribution in [1.29, 1.82) is 0 Å². The molecule has 0 aliphatic carbocycles. The van der Waals surface area contributed by atoms with Crippen molar-refractivity contribution in [3.05, 3.63) is 60.1 Å². The number of nitrogens with zero attached hydrogens (tertiary/aromatic N) is 3. The molecular formula is C17H12FN3O3. The van der Waals surface area contributed by atoms with Gasteiger partial charge in [0.25, 0.3) is 5.89 Å². The minimum atomic E-state index is -0.428. The predicted octanol–water partition coefficient (Wildman–Crippen LogP) is 3.62. The second-order valence-electron chi connectivity index (χ2n) is 5.07. The number of rotatable bonds is 4. The molecular weight excluding hydrogens is 313 g/mol. The highest BCUT2D eigenvalue weighted by molar-refractivity contribution is 5.73. The van der Waals surface area contributed by atoms with Crippen molar-refractivity contribution in [1.82, 2.24) is 15.2 Å². The minimum absolute atomic E-state index is 0.177. The minimum Gasteiger partial charge on any atom is -0.496 e. The number of fused-ring (bicyclic) bond motifs is 1. The van der Waals surface area contributed by atoms with Crippen molar-refractivity contribution in [3.63, 3.8) is 0 Å².